The van der Waals surface area contributed by atoms with Crippen molar-refractivity contribution >= 4 is 11.1 Å². The molecular weight excluding hydrogens is 170 g/mol. The smallest absolute Gasteiger partial charge is 0.389 e. The molecule has 0 atom stereocenters. The molecule has 13 heavy (non-hydrogen) atoms. The van der Waals surface area contributed by atoms with Crippen LogP contribution in [0.3, 0.4) is 0 Å². The maximum atomic E-state index is 10.9. The van der Waals surface area contributed by atoms with Crippen molar-refractivity contribution in [2.45, 2.75) is 13.3 Å². The lowest BCUT2D eigenvalue weighted by atomic mass is 10.2. The molecule has 0 aliphatic rings. The van der Waals surface area contributed by atoms with Crippen molar-refractivity contribution in [2.75, 3.05) is 0 Å². The molecule has 5 heteroatoms. The summed E-state index contributed by atoms with van der Waals surface area (Å²) >= 11 is 0. The first-order chi connectivity index (χ1) is 6.31. The van der Waals surface area contributed by atoms with E-state index in [0.29, 0.717) is 23.2 Å². The van der Waals surface area contributed by atoms with E-state index < -0.39 is 5.76 Å². The van der Waals surface area contributed by atoms with Gasteiger partial charge in [0.05, 0.1) is 11.1 Å². The van der Waals surface area contributed by atoms with Crippen LogP contribution >= 0.6 is 0 Å². The molecule has 0 aliphatic carbocycles. The summed E-state index contributed by atoms with van der Waals surface area (Å²) in [5.41, 5.74) is 0.971. The normalized spacial score (nSPS) is 10.5. The van der Waals surface area contributed by atoms with Gasteiger partial charge < -0.3 is 4.42 Å². The molecule has 0 fully saturated rings. The minimum Gasteiger partial charge on any atom is -0.389 e. The van der Waals surface area contributed by atoms with E-state index in [9.17, 15) is 4.79 Å². The molecule has 2 aromatic rings. The first-order valence-electron chi connectivity index (χ1n) is 3.91. The molecule has 0 saturated carbocycles. The largest absolute Gasteiger partial charge is 0.440 e. The third kappa shape index (κ3) is 1.28. The summed E-state index contributed by atoms with van der Waals surface area (Å²) in [5, 5.41) is 0.699. The van der Waals surface area contributed by atoms with Crippen LogP contribution in [0.25, 0.3) is 11.1 Å². The Balaban J connectivity index is 2.89. The standard InChI is InChI=1S/C8H7N3O2/c1-2-6-5-3-9-4-10-7(5)13-8(12)11-6/h3-4H,2H2,1H3. The van der Waals surface area contributed by atoms with Crippen LogP contribution in [0, 0.1) is 0 Å². The third-order valence-corrected chi connectivity index (χ3v) is 1.73. The monoisotopic (exact) mass is 177 g/mol. The third-order valence-electron chi connectivity index (χ3n) is 1.73. The van der Waals surface area contributed by atoms with E-state index in [0.717, 1.165) is 0 Å². The van der Waals surface area contributed by atoms with Gasteiger partial charge in [-0.15, -0.1) is 0 Å². The average Bonchev–Trinajstić information content (AvgIpc) is 2.16. The summed E-state index contributed by atoms with van der Waals surface area (Å²) in [5.74, 6) is -0.608. The van der Waals surface area contributed by atoms with Crippen LogP contribution in [0.15, 0.2) is 21.7 Å². The molecule has 66 valence electrons. The molecule has 5 nitrogen and oxygen atoms in total. The van der Waals surface area contributed by atoms with Crippen molar-refractivity contribution in [1.82, 2.24) is 15.0 Å². The Hall–Kier alpha value is -1.78. The van der Waals surface area contributed by atoms with Crippen molar-refractivity contribution in [2.24, 2.45) is 0 Å². The molecule has 0 aliphatic heterocycles. The number of rotatable bonds is 1. The van der Waals surface area contributed by atoms with Gasteiger partial charge in [0, 0.05) is 6.20 Å². The molecule has 0 amide bonds. The zero-order chi connectivity index (χ0) is 9.26. The molecule has 2 rings (SSSR count). The summed E-state index contributed by atoms with van der Waals surface area (Å²) in [6.45, 7) is 1.91. The Bertz CT molecular complexity index is 492. The Labute approximate surface area is 73.5 Å². The minimum absolute atomic E-state index is 0.298. The van der Waals surface area contributed by atoms with Gasteiger partial charge in [0.15, 0.2) is 0 Å². The van der Waals surface area contributed by atoms with Crippen LogP contribution in [-0.4, -0.2) is 15.0 Å². The fourth-order valence-corrected chi connectivity index (χ4v) is 1.14. The Morgan fingerprint density at radius 1 is 1.54 bits per heavy atom. The van der Waals surface area contributed by atoms with Crippen LogP contribution in [0.1, 0.15) is 12.6 Å². The zero-order valence-corrected chi connectivity index (χ0v) is 7.02. The molecule has 0 N–H and O–H groups in total. The van der Waals surface area contributed by atoms with Crippen molar-refractivity contribution in [3.63, 3.8) is 0 Å². The first kappa shape index (κ1) is 7.85. The number of hydrogen-bond acceptors (Lipinski definition) is 5. The topological polar surface area (TPSA) is 68.9 Å². The summed E-state index contributed by atoms with van der Waals surface area (Å²) < 4.78 is 4.79. The molecular formula is C8H7N3O2. The molecule has 0 unspecified atom stereocenters. The lowest BCUT2D eigenvalue weighted by molar-refractivity contribution is 0.516. The van der Waals surface area contributed by atoms with Gasteiger partial charge in [0.25, 0.3) is 0 Å². The average molecular weight is 177 g/mol. The van der Waals surface area contributed by atoms with Crippen LogP contribution in [-0.2, 0) is 6.42 Å². The van der Waals surface area contributed by atoms with Gasteiger partial charge >= 0.3 is 5.76 Å². The molecule has 0 aromatic carbocycles. The predicted octanol–water partition coefficient (Wildman–Crippen LogP) is 0.540. The highest BCUT2D eigenvalue weighted by Gasteiger charge is 2.05. The SMILES string of the molecule is CCc1nc(=O)oc2ncncc12. The highest BCUT2D eigenvalue weighted by atomic mass is 16.4. The molecule has 0 spiro atoms. The lowest BCUT2D eigenvalue weighted by Crippen LogP contribution is -2.08. The number of nitrogens with zero attached hydrogens (tertiary/aromatic N) is 3. The van der Waals surface area contributed by atoms with E-state index in [1.54, 1.807) is 6.20 Å². The van der Waals surface area contributed by atoms with Gasteiger partial charge in [-0.2, -0.15) is 4.98 Å². The molecule has 0 bridgehead atoms. The minimum atomic E-state index is -0.608. The van der Waals surface area contributed by atoms with Crippen molar-refractivity contribution in [1.29, 1.82) is 0 Å². The summed E-state index contributed by atoms with van der Waals surface area (Å²) in [4.78, 5) is 22.3. The predicted molar refractivity (Wildman–Crippen MR) is 45.2 cm³/mol. The summed E-state index contributed by atoms with van der Waals surface area (Å²) in [6.07, 6.45) is 3.59. The van der Waals surface area contributed by atoms with Gasteiger partial charge in [0.2, 0.25) is 5.71 Å². The fourth-order valence-electron chi connectivity index (χ4n) is 1.14. The van der Waals surface area contributed by atoms with Crippen molar-refractivity contribution in [3.8, 4) is 0 Å². The van der Waals surface area contributed by atoms with Crippen LogP contribution in [0.5, 0.6) is 0 Å². The fraction of sp³-hybridized carbons (Fsp3) is 0.250. The second kappa shape index (κ2) is 2.93. The van der Waals surface area contributed by atoms with Crippen LogP contribution < -0.4 is 5.76 Å². The second-order valence-corrected chi connectivity index (χ2v) is 2.52. The van der Waals surface area contributed by atoms with Crippen molar-refractivity contribution in [3.05, 3.63) is 28.8 Å². The lowest BCUT2D eigenvalue weighted by Gasteiger charge is -1.97. The maximum absolute atomic E-state index is 10.9. The van der Waals surface area contributed by atoms with Gasteiger partial charge in [-0.05, 0) is 6.42 Å². The zero-order valence-electron chi connectivity index (χ0n) is 7.02. The van der Waals surface area contributed by atoms with Crippen LogP contribution in [0.2, 0.25) is 0 Å². The highest BCUT2D eigenvalue weighted by Crippen LogP contribution is 2.10. The molecule has 2 heterocycles. The van der Waals surface area contributed by atoms with Gasteiger partial charge in [0.1, 0.15) is 6.33 Å². The quantitative estimate of drug-likeness (QED) is 0.635. The Kier molecular flexibility index (Phi) is 1.77. The van der Waals surface area contributed by atoms with Gasteiger partial charge in [-0.3, -0.25) is 0 Å². The molecule has 0 radical (unpaired) electrons. The van der Waals surface area contributed by atoms with E-state index in [2.05, 4.69) is 15.0 Å². The highest BCUT2D eigenvalue weighted by molar-refractivity contribution is 5.73. The van der Waals surface area contributed by atoms with E-state index in [1.165, 1.54) is 6.33 Å². The summed E-state index contributed by atoms with van der Waals surface area (Å²) in [6, 6.07) is 0. The van der Waals surface area contributed by atoms with E-state index in [4.69, 9.17) is 4.42 Å². The molecule has 2 aromatic heterocycles. The van der Waals surface area contributed by atoms with Crippen LogP contribution in [0.4, 0.5) is 0 Å². The molecule has 0 saturated heterocycles. The Morgan fingerprint density at radius 3 is 3.15 bits per heavy atom. The van der Waals surface area contributed by atoms with E-state index >= 15 is 0 Å². The Morgan fingerprint density at radius 2 is 2.38 bits per heavy atom. The number of aryl methyl sites for hydroxylation is 1. The number of fused-ring (bicyclic) bond motifs is 1. The van der Waals surface area contributed by atoms with E-state index in [-0.39, 0.29) is 0 Å². The number of aromatic nitrogens is 3. The van der Waals surface area contributed by atoms with Gasteiger partial charge in [-0.1, -0.05) is 6.92 Å². The first-order valence-corrected chi connectivity index (χ1v) is 3.91. The van der Waals surface area contributed by atoms with Gasteiger partial charge in [-0.25, -0.2) is 14.8 Å². The maximum Gasteiger partial charge on any atom is 0.440 e. The summed E-state index contributed by atoms with van der Waals surface area (Å²) in [7, 11) is 0. The van der Waals surface area contributed by atoms with E-state index in [1.807, 2.05) is 6.92 Å². The number of hydrogen-bond donors (Lipinski definition) is 0. The van der Waals surface area contributed by atoms with Crippen molar-refractivity contribution < 1.29 is 4.42 Å². The second-order valence-electron chi connectivity index (χ2n) is 2.52.